The van der Waals surface area contributed by atoms with Crippen LogP contribution >= 0.6 is 11.8 Å². The van der Waals surface area contributed by atoms with Crippen LogP contribution in [0.15, 0.2) is 0 Å². The van der Waals surface area contributed by atoms with Crippen molar-refractivity contribution in [3.63, 3.8) is 0 Å². The summed E-state index contributed by atoms with van der Waals surface area (Å²) in [4.78, 5) is 2.56. The fourth-order valence-electron chi connectivity index (χ4n) is 4.29. The lowest BCUT2D eigenvalue weighted by atomic mass is 9.76. The molecule has 0 aromatic carbocycles. The molecule has 3 atom stereocenters. The number of rotatable bonds is 3. The molecule has 1 spiro atoms. The minimum atomic E-state index is 0.108. The molecule has 3 rings (SSSR count). The first-order valence-corrected chi connectivity index (χ1v) is 9.56. The van der Waals surface area contributed by atoms with Crippen LogP contribution < -0.4 is 5.32 Å². The van der Waals surface area contributed by atoms with Crippen molar-refractivity contribution in [1.29, 1.82) is 0 Å². The van der Waals surface area contributed by atoms with Gasteiger partial charge in [0.1, 0.15) is 0 Å². The molecule has 3 fully saturated rings. The van der Waals surface area contributed by atoms with Crippen molar-refractivity contribution >= 4 is 11.8 Å². The van der Waals surface area contributed by atoms with Crippen LogP contribution in [0.3, 0.4) is 0 Å². The molecular formula is C16H30N2O2S. The Labute approximate surface area is 133 Å². The molecule has 122 valence electrons. The van der Waals surface area contributed by atoms with Crippen molar-refractivity contribution in [2.45, 2.75) is 43.4 Å². The average Bonchev–Trinajstić information content (AvgIpc) is 2.51. The van der Waals surface area contributed by atoms with E-state index in [4.69, 9.17) is 9.47 Å². The maximum atomic E-state index is 6.22. The van der Waals surface area contributed by atoms with Crippen LogP contribution in [0.5, 0.6) is 0 Å². The minimum Gasteiger partial charge on any atom is -0.381 e. The van der Waals surface area contributed by atoms with Crippen LogP contribution in [0, 0.1) is 5.92 Å². The van der Waals surface area contributed by atoms with Crippen molar-refractivity contribution in [3.05, 3.63) is 0 Å². The van der Waals surface area contributed by atoms with Gasteiger partial charge in [0.25, 0.3) is 0 Å². The molecule has 3 saturated heterocycles. The predicted molar refractivity (Wildman–Crippen MR) is 88.1 cm³/mol. The molecule has 0 aliphatic carbocycles. The Hall–Kier alpha value is 0.190. The summed E-state index contributed by atoms with van der Waals surface area (Å²) in [5.41, 5.74) is 0.108. The second-order valence-electron chi connectivity index (χ2n) is 6.83. The fourth-order valence-corrected chi connectivity index (χ4v) is 5.58. The lowest BCUT2D eigenvalue weighted by Gasteiger charge is -2.48. The quantitative estimate of drug-likeness (QED) is 0.856. The lowest BCUT2D eigenvalue weighted by molar-refractivity contribution is -0.151. The van der Waals surface area contributed by atoms with Gasteiger partial charge in [-0.05, 0) is 45.7 Å². The first-order valence-electron chi connectivity index (χ1n) is 8.41. The summed E-state index contributed by atoms with van der Waals surface area (Å²) in [5.74, 6) is 3.27. The SMILES string of the molecule is CNC(C1CCOC2(CCOCC2)C1)C1CSCCN1C. The van der Waals surface area contributed by atoms with Gasteiger partial charge in [0.15, 0.2) is 0 Å². The van der Waals surface area contributed by atoms with Gasteiger partial charge in [0.2, 0.25) is 0 Å². The van der Waals surface area contributed by atoms with E-state index in [0.717, 1.165) is 38.6 Å². The average molecular weight is 314 g/mol. The standard InChI is InChI=1S/C16H30N2O2S/c1-17-15(14-12-21-10-6-18(14)2)13-3-7-20-16(11-13)4-8-19-9-5-16/h13-15,17H,3-12H2,1-2H3. The lowest BCUT2D eigenvalue weighted by Crippen LogP contribution is -2.58. The Morgan fingerprint density at radius 3 is 2.81 bits per heavy atom. The maximum Gasteiger partial charge on any atom is 0.0729 e. The van der Waals surface area contributed by atoms with Gasteiger partial charge in [0.05, 0.1) is 5.60 Å². The zero-order valence-corrected chi connectivity index (χ0v) is 14.3. The molecule has 0 aromatic rings. The molecule has 1 N–H and O–H groups in total. The Bertz CT molecular complexity index is 331. The van der Waals surface area contributed by atoms with E-state index in [0.29, 0.717) is 12.1 Å². The predicted octanol–water partition coefficient (Wildman–Crippen LogP) is 1.60. The molecule has 0 aromatic heterocycles. The normalized spacial score (nSPS) is 35.7. The number of hydrogen-bond donors (Lipinski definition) is 1. The smallest absolute Gasteiger partial charge is 0.0729 e. The van der Waals surface area contributed by atoms with E-state index in [1.165, 1.54) is 30.9 Å². The topological polar surface area (TPSA) is 33.7 Å². The highest BCUT2D eigenvalue weighted by molar-refractivity contribution is 7.99. The molecule has 21 heavy (non-hydrogen) atoms. The van der Waals surface area contributed by atoms with Crippen LogP contribution in [-0.4, -0.2) is 74.6 Å². The third kappa shape index (κ3) is 3.58. The number of ether oxygens (including phenoxy) is 2. The van der Waals surface area contributed by atoms with Crippen molar-refractivity contribution in [2.24, 2.45) is 5.92 Å². The minimum absolute atomic E-state index is 0.108. The highest BCUT2D eigenvalue weighted by Crippen LogP contribution is 2.39. The summed E-state index contributed by atoms with van der Waals surface area (Å²) in [6.07, 6.45) is 4.56. The number of nitrogens with zero attached hydrogens (tertiary/aromatic N) is 1. The number of nitrogens with one attached hydrogen (secondary N) is 1. The Balaban J connectivity index is 1.68. The van der Waals surface area contributed by atoms with Gasteiger partial charge in [-0.1, -0.05) is 0 Å². The molecule has 0 radical (unpaired) electrons. The zero-order valence-electron chi connectivity index (χ0n) is 13.5. The van der Waals surface area contributed by atoms with Crippen molar-refractivity contribution in [3.8, 4) is 0 Å². The van der Waals surface area contributed by atoms with Gasteiger partial charge in [-0.3, -0.25) is 0 Å². The van der Waals surface area contributed by atoms with Crippen LogP contribution in [0.25, 0.3) is 0 Å². The van der Waals surface area contributed by atoms with Crippen LogP contribution in [0.4, 0.5) is 0 Å². The van der Waals surface area contributed by atoms with E-state index in [9.17, 15) is 0 Å². The summed E-state index contributed by atoms with van der Waals surface area (Å²) in [7, 11) is 4.43. The molecular weight excluding hydrogens is 284 g/mol. The molecule has 4 nitrogen and oxygen atoms in total. The Morgan fingerprint density at radius 1 is 1.29 bits per heavy atom. The molecule has 3 unspecified atom stereocenters. The van der Waals surface area contributed by atoms with E-state index >= 15 is 0 Å². The Kier molecular flexibility index (Phi) is 5.49. The van der Waals surface area contributed by atoms with Crippen molar-refractivity contribution < 1.29 is 9.47 Å². The van der Waals surface area contributed by atoms with Gasteiger partial charge in [-0.2, -0.15) is 11.8 Å². The first-order chi connectivity index (χ1) is 10.2. The number of likely N-dealkylation sites (N-methyl/N-ethyl adjacent to an activating group) is 2. The summed E-state index contributed by atoms with van der Waals surface area (Å²) >= 11 is 2.11. The third-order valence-electron chi connectivity index (χ3n) is 5.63. The first kappa shape index (κ1) is 16.1. The molecule has 0 bridgehead atoms. The van der Waals surface area contributed by atoms with Gasteiger partial charge in [0, 0.05) is 50.0 Å². The summed E-state index contributed by atoms with van der Waals surface area (Å²) in [6.45, 7) is 3.88. The van der Waals surface area contributed by atoms with Crippen LogP contribution in [-0.2, 0) is 9.47 Å². The summed E-state index contributed by atoms with van der Waals surface area (Å²) in [5, 5.41) is 3.65. The van der Waals surface area contributed by atoms with E-state index < -0.39 is 0 Å². The second-order valence-corrected chi connectivity index (χ2v) is 7.98. The largest absolute Gasteiger partial charge is 0.381 e. The monoisotopic (exact) mass is 314 g/mol. The van der Waals surface area contributed by atoms with Crippen LogP contribution in [0.1, 0.15) is 25.7 Å². The summed E-state index contributed by atoms with van der Waals surface area (Å²) in [6, 6.07) is 1.25. The van der Waals surface area contributed by atoms with Crippen LogP contribution in [0.2, 0.25) is 0 Å². The van der Waals surface area contributed by atoms with Crippen molar-refractivity contribution in [2.75, 3.05) is 52.0 Å². The van der Waals surface area contributed by atoms with E-state index in [1.807, 2.05) is 0 Å². The maximum absolute atomic E-state index is 6.22. The van der Waals surface area contributed by atoms with Gasteiger partial charge < -0.3 is 19.7 Å². The van der Waals surface area contributed by atoms with Gasteiger partial charge in [-0.15, -0.1) is 0 Å². The number of thioether (sulfide) groups is 1. The molecule has 0 saturated carbocycles. The highest BCUT2D eigenvalue weighted by Gasteiger charge is 2.43. The Morgan fingerprint density at radius 2 is 2.10 bits per heavy atom. The van der Waals surface area contributed by atoms with Crippen molar-refractivity contribution in [1.82, 2.24) is 10.2 Å². The molecule has 3 heterocycles. The van der Waals surface area contributed by atoms with Gasteiger partial charge in [-0.25, -0.2) is 0 Å². The van der Waals surface area contributed by atoms with E-state index in [1.54, 1.807) is 0 Å². The molecule has 5 heteroatoms. The van der Waals surface area contributed by atoms with E-state index in [-0.39, 0.29) is 5.60 Å². The highest BCUT2D eigenvalue weighted by atomic mass is 32.2. The molecule has 0 amide bonds. The second kappa shape index (κ2) is 7.18. The third-order valence-corrected chi connectivity index (χ3v) is 6.68. The van der Waals surface area contributed by atoms with E-state index in [2.05, 4.69) is 36.1 Å². The molecule has 3 aliphatic heterocycles. The van der Waals surface area contributed by atoms with Gasteiger partial charge >= 0.3 is 0 Å². The number of hydrogen-bond acceptors (Lipinski definition) is 5. The molecule has 3 aliphatic rings. The zero-order chi connectivity index (χ0) is 14.7. The fraction of sp³-hybridized carbons (Fsp3) is 1.00. The summed E-state index contributed by atoms with van der Waals surface area (Å²) < 4.78 is 11.8.